The number of methoxy groups -OCH3 is 1. The van der Waals surface area contributed by atoms with E-state index in [9.17, 15) is 19.8 Å². The van der Waals surface area contributed by atoms with Crippen molar-refractivity contribution in [3.63, 3.8) is 0 Å². The number of para-hydroxylation sites is 1. The molecule has 7 heteroatoms. The van der Waals surface area contributed by atoms with Crippen LogP contribution in [0.25, 0.3) is 0 Å². The summed E-state index contributed by atoms with van der Waals surface area (Å²) in [6.45, 7) is -0.320. The largest absolute Gasteiger partial charge is 0.505 e. The van der Waals surface area contributed by atoms with Gasteiger partial charge in [-0.15, -0.1) is 0 Å². The molecular weight excluding hydrogens is 240 g/mol. The van der Waals surface area contributed by atoms with E-state index in [0.717, 1.165) is 7.11 Å². The monoisotopic (exact) mass is 254 g/mol. The number of anilines is 1. The number of nitrogen functional groups attached to an aromatic ring is 1. The first-order valence-corrected chi connectivity index (χ1v) is 5.09. The van der Waals surface area contributed by atoms with Crippen LogP contribution < -0.4 is 11.1 Å². The minimum Gasteiger partial charge on any atom is -0.505 e. The molecule has 0 spiro atoms. The zero-order valence-corrected chi connectivity index (χ0v) is 9.71. The number of rotatable bonds is 4. The molecule has 0 saturated heterocycles. The van der Waals surface area contributed by atoms with Crippen LogP contribution in [0.3, 0.4) is 0 Å². The van der Waals surface area contributed by atoms with E-state index in [0.29, 0.717) is 0 Å². The van der Waals surface area contributed by atoms with Gasteiger partial charge in [-0.05, 0) is 12.1 Å². The maximum Gasteiger partial charge on any atom is 0.336 e. The van der Waals surface area contributed by atoms with Crippen molar-refractivity contribution in [2.24, 2.45) is 0 Å². The minimum absolute atomic E-state index is 0.0351. The molecule has 18 heavy (non-hydrogen) atoms. The summed E-state index contributed by atoms with van der Waals surface area (Å²) < 4.78 is 4.28. The SMILES string of the molecule is COC(=O)C(O)CNC(=O)c1cccc(N)c1O. The Balaban J connectivity index is 2.66. The molecule has 0 saturated carbocycles. The Morgan fingerprint density at radius 2 is 2.17 bits per heavy atom. The van der Waals surface area contributed by atoms with Crippen LogP contribution >= 0.6 is 0 Å². The third-order valence-electron chi connectivity index (χ3n) is 2.24. The Labute approximate surface area is 103 Å². The molecule has 5 N–H and O–H groups in total. The number of nitrogens with two attached hydrogens (primary N) is 1. The Bertz CT molecular complexity index is 461. The third-order valence-corrected chi connectivity index (χ3v) is 2.24. The van der Waals surface area contributed by atoms with E-state index in [1.54, 1.807) is 0 Å². The van der Waals surface area contributed by atoms with E-state index < -0.39 is 18.0 Å². The van der Waals surface area contributed by atoms with Crippen molar-refractivity contribution in [3.8, 4) is 5.75 Å². The number of carbonyl (C=O) groups is 2. The number of aliphatic hydroxyl groups is 1. The van der Waals surface area contributed by atoms with Crippen LogP contribution in [0.5, 0.6) is 5.75 Å². The lowest BCUT2D eigenvalue weighted by molar-refractivity contribution is -0.149. The highest BCUT2D eigenvalue weighted by Crippen LogP contribution is 2.23. The summed E-state index contributed by atoms with van der Waals surface area (Å²) in [6.07, 6.45) is -1.46. The maximum atomic E-state index is 11.6. The number of benzene rings is 1. The second-order valence-corrected chi connectivity index (χ2v) is 3.49. The molecule has 98 valence electrons. The van der Waals surface area contributed by atoms with E-state index in [1.165, 1.54) is 18.2 Å². The zero-order chi connectivity index (χ0) is 13.7. The van der Waals surface area contributed by atoms with Crippen LogP contribution in [0.1, 0.15) is 10.4 Å². The quantitative estimate of drug-likeness (QED) is 0.318. The molecule has 1 unspecified atom stereocenters. The molecule has 0 aromatic heterocycles. The molecular formula is C11H14N2O5. The van der Waals surface area contributed by atoms with Gasteiger partial charge in [-0.25, -0.2) is 4.79 Å². The van der Waals surface area contributed by atoms with E-state index in [4.69, 9.17) is 5.73 Å². The number of amides is 1. The van der Waals surface area contributed by atoms with Crippen LogP contribution in [0, 0.1) is 0 Å². The fraction of sp³-hybridized carbons (Fsp3) is 0.273. The van der Waals surface area contributed by atoms with E-state index >= 15 is 0 Å². The Morgan fingerprint density at radius 1 is 1.50 bits per heavy atom. The van der Waals surface area contributed by atoms with Crippen LogP contribution in [0.15, 0.2) is 18.2 Å². The van der Waals surface area contributed by atoms with Gasteiger partial charge in [0, 0.05) is 0 Å². The number of aromatic hydroxyl groups is 1. The number of aliphatic hydroxyl groups excluding tert-OH is 1. The first-order valence-electron chi connectivity index (χ1n) is 5.09. The topological polar surface area (TPSA) is 122 Å². The summed E-state index contributed by atoms with van der Waals surface area (Å²) in [6, 6.07) is 4.31. The number of hydrogen-bond acceptors (Lipinski definition) is 6. The van der Waals surface area contributed by atoms with Crippen molar-refractivity contribution in [2.75, 3.05) is 19.4 Å². The van der Waals surface area contributed by atoms with Crippen LogP contribution in [0.2, 0.25) is 0 Å². The summed E-state index contributed by atoms with van der Waals surface area (Å²) in [5, 5.41) is 21.1. The fourth-order valence-electron chi connectivity index (χ4n) is 1.25. The van der Waals surface area contributed by atoms with Gasteiger partial charge in [0.05, 0.1) is 24.9 Å². The third kappa shape index (κ3) is 3.11. The van der Waals surface area contributed by atoms with Crippen molar-refractivity contribution >= 4 is 17.6 Å². The lowest BCUT2D eigenvalue weighted by atomic mass is 10.1. The van der Waals surface area contributed by atoms with Gasteiger partial charge in [0.15, 0.2) is 11.9 Å². The number of esters is 1. The second-order valence-electron chi connectivity index (χ2n) is 3.49. The van der Waals surface area contributed by atoms with Crippen LogP contribution in [-0.2, 0) is 9.53 Å². The smallest absolute Gasteiger partial charge is 0.336 e. The molecule has 0 aliphatic heterocycles. The second kappa shape index (κ2) is 5.87. The standard InChI is InChI=1S/C11H14N2O5/c1-18-11(17)8(14)5-13-10(16)6-3-2-4-7(12)9(6)15/h2-4,8,14-15H,5,12H2,1H3,(H,13,16). The predicted molar refractivity (Wildman–Crippen MR) is 62.9 cm³/mol. The summed E-state index contributed by atoms with van der Waals surface area (Å²) in [5.41, 5.74) is 5.46. The lowest BCUT2D eigenvalue weighted by Gasteiger charge is -2.11. The summed E-state index contributed by atoms with van der Waals surface area (Å²) in [4.78, 5) is 22.5. The Kier molecular flexibility index (Phi) is 4.50. The van der Waals surface area contributed by atoms with Gasteiger partial charge >= 0.3 is 5.97 Å². The molecule has 1 amide bonds. The van der Waals surface area contributed by atoms with Gasteiger partial charge in [-0.3, -0.25) is 4.79 Å². The highest BCUT2D eigenvalue weighted by atomic mass is 16.5. The summed E-state index contributed by atoms with van der Waals surface area (Å²) in [5.74, 6) is -1.85. The number of carbonyl (C=O) groups excluding carboxylic acids is 2. The highest BCUT2D eigenvalue weighted by Gasteiger charge is 2.18. The normalized spacial score (nSPS) is 11.7. The van der Waals surface area contributed by atoms with Gasteiger partial charge in [-0.1, -0.05) is 6.07 Å². The number of nitrogens with one attached hydrogen (secondary N) is 1. The molecule has 0 fully saturated rings. The lowest BCUT2D eigenvalue weighted by Crippen LogP contribution is -2.37. The molecule has 0 radical (unpaired) electrons. The van der Waals surface area contributed by atoms with Crippen molar-refractivity contribution in [2.45, 2.75) is 6.10 Å². The van der Waals surface area contributed by atoms with Crippen LogP contribution in [0.4, 0.5) is 5.69 Å². The number of hydrogen-bond donors (Lipinski definition) is 4. The summed E-state index contributed by atoms with van der Waals surface area (Å²) >= 11 is 0. The number of phenols is 1. The molecule has 0 bridgehead atoms. The van der Waals surface area contributed by atoms with Gasteiger partial charge in [0.25, 0.3) is 5.91 Å². The van der Waals surface area contributed by atoms with Crippen molar-refractivity contribution in [1.29, 1.82) is 0 Å². The number of phenolic OH excluding ortho intramolecular Hbond substituents is 1. The first kappa shape index (κ1) is 13.8. The van der Waals surface area contributed by atoms with E-state index in [1.807, 2.05) is 0 Å². The van der Waals surface area contributed by atoms with Gasteiger partial charge in [0.2, 0.25) is 0 Å². The Hall–Kier alpha value is -2.28. The average molecular weight is 254 g/mol. The first-order chi connectivity index (χ1) is 8.47. The van der Waals surface area contributed by atoms with Crippen molar-refractivity contribution in [3.05, 3.63) is 23.8 Å². The van der Waals surface area contributed by atoms with Gasteiger partial charge in [0.1, 0.15) is 0 Å². The van der Waals surface area contributed by atoms with Crippen molar-refractivity contribution in [1.82, 2.24) is 5.32 Å². The number of ether oxygens (including phenoxy) is 1. The molecule has 1 rings (SSSR count). The highest BCUT2D eigenvalue weighted by molar-refractivity contribution is 5.98. The van der Waals surface area contributed by atoms with E-state index in [2.05, 4.69) is 10.1 Å². The summed E-state index contributed by atoms with van der Waals surface area (Å²) in [7, 11) is 1.12. The average Bonchev–Trinajstić information content (AvgIpc) is 2.37. The molecule has 0 aliphatic rings. The van der Waals surface area contributed by atoms with Gasteiger partial charge < -0.3 is 26.0 Å². The van der Waals surface area contributed by atoms with Gasteiger partial charge in [-0.2, -0.15) is 0 Å². The molecule has 0 aliphatic carbocycles. The zero-order valence-electron chi connectivity index (χ0n) is 9.71. The molecule has 1 atom stereocenters. The van der Waals surface area contributed by atoms with E-state index in [-0.39, 0.29) is 23.5 Å². The molecule has 0 heterocycles. The van der Waals surface area contributed by atoms with Crippen LogP contribution in [-0.4, -0.2) is 41.8 Å². The Morgan fingerprint density at radius 3 is 2.78 bits per heavy atom. The molecule has 1 aromatic carbocycles. The maximum absolute atomic E-state index is 11.6. The predicted octanol–water partition coefficient (Wildman–Crippen LogP) is -0.762. The van der Waals surface area contributed by atoms with Crippen molar-refractivity contribution < 1.29 is 24.5 Å². The molecule has 7 nitrogen and oxygen atoms in total. The molecule has 1 aromatic rings. The minimum atomic E-state index is -1.46. The fourth-order valence-corrected chi connectivity index (χ4v) is 1.25.